The predicted octanol–water partition coefficient (Wildman–Crippen LogP) is 5.49. The standard InChI is InChI=1S/C26H29N7O/c1-3-16(2)15-27-25(34)18-10-12-19(13-11-18)28-26-29-21-7-5-4-6-20(21)24(31-26)30-23-14-22(32-33-23)17-8-9-17/h4-7,10-14,16-17H,3,8-9,15H2,1-2H3,(H,27,34)(H3,28,29,30,31,32,33). The highest BCUT2D eigenvalue weighted by Crippen LogP contribution is 2.39. The minimum Gasteiger partial charge on any atom is -0.352 e. The Bertz CT molecular complexity index is 1290. The summed E-state index contributed by atoms with van der Waals surface area (Å²) in [5.74, 6) is 2.88. The Balaban J connectivity index is 1.33. The Kier molecular flexibility index (Phi) is 6.12. The van der Waals surface area contributed by atoms with Gasteiger partial charge in [0.05, 0.1) is 5.52 Å². The first-order valence-corrected chi connectivity index (χ1v) is 11.8. The largest absolute Gasteiger partial charge is 0.352 e. The van der Waals surface area contributed by atoms with Crippen molar-refractivity contribution in [2.24, 2.45) is 5.92 Å². The highest BCUT2D eigenvalue weighted by Gasteiger charge is 2.25. The van der Waals surface area contributed by atoms with Gasteiger partial charge in [0.1, 0.15) is 5.82 Å². The Hall–Kier alpha value is -3.94. The molecule has 1 aliphatic carbocycles. The molecule has 1 unspecified atom stereocenters. The molecular weight excluding hydrogens is 426 g/mol. The molecule has 0 aliphatic heterocycles. The zero-order chi connectivity index (χ0) is 23.5. The van der Waals surface area contributed by atoms with Gasteiger partial charge in [-0.3, -0.25) is 9.89 Å². The number of aromatic nitrogens is 4. The van der Waals surface area contributed by atoms with Crippen LogP contribution in [0.3, 0.4) is 0 Å². The van der Waals surface area contributed by atoms with Crippen molar-refractivity contribution in [1.82, 2.24) is 25.5 Å². The lowest BCUT2D eigenvalue weighted by atomic mass is 10.1. The number of nitrogens with zero attached hydrogens (tertiary/aromatic N) is 3. The van der Waals surface area contributed by atoms with E-state index in [0.717, 1.165) is 34.5 Å². The second kappa shape index (κ2) is 9.51. The van der Waals surface area contributed by atoms with E-state index in [9.17, 15) is 4.79 Å². The second-order valence-electron chi connectivity index (χ2n) is 8.95. The zero-order valence-corrected chi connectivity index (χ0v) is 19.4. The van der Waals surface area contributed by atoms with Crippen LogP contribution in [0.2, 0.25) is 0 Å². The number of benzene rings is 2. The van der Waals surface area contributed by atoms with Crippen molar-refractivity contribution < 1.29 is 4.79 Å². The third-order valence-corrected chi connectivity index (χ3v) is 6.18. The summed E-state index contributed by atoms with van der Waals surface area (Å²) in [6.07, 6.45) is 3.46. The van der Waals surface area contributed by atoms with Crippen molar-refractivity contribution in [3.63, 3.8) is 0 Å². The van der Waals surface area contributed by atoms with Gasteiger partial charge >= 0.3 is 0 Å². The van der Waals surface area contributed by atoms with Gasteiger partial charge in [-0.1, -0.05) is 32.4 Å². The summed E-state index contributed by atoms with van der Waals surface area (Å²) >= 11 is 0. The van der Waals surface area contributed by atoms with Crippen molar-refractivity contribution >= 4 is 40.1 Å². The average molecular weight is 456 g/mol. The van der Waals surface area contributed by atoms with Crippen molar-refractivity contribution in [2.75, 3.05) is 17.2 Å². The number of aromatic amines is 1. The van der Waals surface area contributed by atoms with Gasteiger partial charge in [-0.2, -0.15) is 10.1 Å². The summed E-state index contributed by atoms with van der Waals surface area (Å²) in [6.45, 7) is 4.92. The smallest absolute Gasteiger partial charge is 0.251 e. The molecule has 8 heteroatoms. The molecule has 2 aromatic carbocycles. The Labute approximate surface area is 198 Å². The third kappa shape index (κ3) is 5.01. The summed E-state index contributed by atoms with van der Waals surface area (Å²) in [5.41, 5.74) is 3.41. The lowest BCUT2D eigenvalue weighted by molar-refractivity contribution is 0.0948. The molecule has 0 radical (unpaired) electrons. The fourth-order valence-electron chi connectivity index (χ4n) is 3.70. The molecule has 8 nitrogen and oxygen atoms in total. The van der Waals surface area contributed by atoms with Crippen LogP contribution in [0.15, 0.2) is 54.6 Å². The van der Waals surface area contributed by atoms with Crippen molar-refractivity contribution in [3.05, 3.63) is 65.9 Å². The number of H-pyrrole nitrogens is 1. The number of fused-ring (bicyclic) bond motifs is 1. The fraction of sp³-hybridized carbons (Fsp3) is 0.308. The number of rotatable bonds is 9. The number of para-hydroxylation sites is 1. The maximum Gasteiger partial charge on any atom is 0.251 e. The minimum atomic E-state index is -0.0649. The first-order valence-electron chi connectivity index (χ1n) is 11.8. The maximum atomic E-state index is 12.4. The second-order valence-corrected chi connectivity index (χ2v) is 8.95. The van der Waals surface area contributed by atoms with Gasteiger partial charge in [0.25, 0.3) is 5.91 Å². The Morgan fingerprint density at radius 1 is 1.09 bits per heavy atom. The first-order chi connectivity index (χ1) is 16.6. The number of nitrogens with one attached hydrogen (secondary N) is 4. The zero-order valence-electron chi connectivity index (χ0n) is 19.4. The fourth-order valence-corrected chi connectivity index (χ4v) is 3.70. The average Bonchev–Trinajstić information content (AvgIpc) is 3.61. The highest BCUT2D eigenvalue weighted by atomic mass is 16.1. The SMILES string of the molecule is CCC(C)CNC(=O)c1ccc(Nc2nc(Nc3cc(C4CC4)[nH]n3)c3ccccc3n2)cc1. The summed E-state index contributed by atoms with van der Waals surface area (Å²) in [5, 5.41) is 18.0. The molecule has 0 saturated heterocycles. The Morgan fingerprint density at radius 2 is 1.88 bits per heavy atom. The van der Waals surface area contributed by atoms with E-state index in [4.69, 9.17) is 4.98 Å². The lowest BCUT2D eigenvalue weighted by Crippen LogP contribution is -2.27. The molecule has 1 aliphatic rings. The van der Waals surface area contributed by atoms with E-state index in [1.54, 1.807) is 12.1 Å². The molecule has 2 heterocycles. The molecule has 5 rings (SSSR count). The number of hydrogen-bond donors (Lipinski definition) is 4. The quantitative estimate of drug-likeness (QED) is 0.266. The van der Waals surface area contributed by atoms with E-state index in [0.29, 0.717) is 35.7 Å². The molecule has 4 aromatic rings. The maximum absolute atomic E-state index is 12.4. The first kappa shape index (κ1) is 21.9. The molecule has 4 N–H and O–H groups in total. The Morgan fingerprint density at radius 3 is 2.65 bits per heavy atom. The van der Waals surface area contributed by atoms with Crippen LogP contribution < -0.4 is 16.0 Å². The van der Waals surface area contributed by atoms with Crippen molar-refractivity contribution in [3.8, 4) is 0 Å². The summed E-state index contributed by atoms with van der Waals surface area (Å²) < 4.78 is 0. The summed E-state index contributed by atoms with van der Waals surface area (Å²) in [4.78, 5) is 21.7. The predicted molar refractivity (Wildman–Crippen MR) is 135 cm³/mol. The van der Waals surface area contributed by atoms with Gasteiger partial charge < -0.3 is 16.0 Å². The van der Waals surface area contributed by atoms with Gasteiger partial charge in [0, 0.05) is 40.9 Å². The van der Waals surface area contributed by atoms with Gasteiger partial charge in [0.15, 0.2) is 5.82 Å². The van der Waals surface area contributed by atoms with Gasteiger partial charge in [-0.25, -0.2) is 4.98 Å². The normalized spacial score (nSPS) is 14.1. The molecule has 0 spiro atoms. The van der Waals surface area contributed by atoms with Gasteiger partial charge in [-0.05, 0) is 55.2 Å². The van der Waals surface area contributed by atoms with Crippen LogP contribution >= 0.6 is 0 Å². The van der Waals surface area contributed by atoms with E-state index in [-0.39, 0.29) is 5.91 Å². The van der Waals surface area contributed by atoms with Gasteiger partial charge in [0.2, 0.25) is 5.95 Å². The van der Waals surface area contributed by atoms with Crippen LogP contribution in [0, 0.1) is 5.92 Å². The molecule has 34 heavy (non-hydrogen) atoms. The van der Waals surface area contributed by atoms with E-state index in [1.807, 2.05) is 42.5 Å². The molecule has 0 bridgehead atoms. The van der Waals surface area contributed by atoms with E-state index >= 15 is 0 Å². The van der Waals surface area contributed by atoms with E-state index < -0.39 is 0 Å². The lowest BCUT2D eigenvalue weighted by Gasteiger charge is -2.12. The molecular formula is C26H29N7O. The van der Waals surface area contributed by atoms with Crippen LogP contribution in [0.25, 0.3) is 10.9 Å². The van der Waals surface area contributed by atoms with Gasteiger partial charge in [-0.15, -0.1) is 0 Å². The molecule has 1 amide bonds. The van der Waals surface area contributed by atoms with Crippen molar-refractivity contribution in [1.29, 1.82) is 0 Å². The topological polar surface area (TPSA) is 108 Å². The van der Waals surface area contributed by atoms with Crippen LogP contribution in [-0.2, 0) is 0 Å². The van der Waals surface area contributed by atoms with Crippen LogP contribution in [0.4, 0.5) is 23.3 Å². The number of anilines is 4. The summed E-state index contributed by atoms with van der Waals surface area (Å²) in [6, 6.07) is 17.2. The molecule has 174 valence electrons. The minimum absolute atomic E-state index is 0.0649. The van der Waals surface area contributed by atoms with Crippen molar-refractivity contribution in [2.45, 2.75) is 39.0 Å². The molecule has 1 saturated carbocycles. The monoisotopic (exact) mass is 455 g/mol. The van der Waals surface area contributed by atoms with E-state index in [2.05, 4.69) is 45.0 Å². The number of amides is 1. The molecule has 2 aromatic heterocycles. The molecule has 1 atom stereocenters. The number of carbonyl (C=O) groups excluding carboxylic acids is 1. The van der Waals surface area contributed by atoms with Crippen LogP contribution in [-0.4, -0.2) is 32.6 Å². The van der Waals surface area contributed by atoms with Crippen LogP contribution in [0.5, 0.6) is 0 Å². The van der Waals surface area contributed by atoms with E-state index in [1.165, 1.54) is 12.8 Å². The van der Waals surface area contributed by atoms with Crippen LogP contribution in [0.1, 0.15) is 55.1 Å². The third-order valence-electron chi connectivity index (χ3n) is 6.18. The molecule has 1 fully saturated rings. The highest BCUT2D eigenvalue weighted by molar-refractivity contribution is 5.94. The number of carbonyl (C=O) groups is 1. The summed E-state index contributed by atoms with van der Waals surface area (Å²) in [7, 11) is 0. The number of hydrogen-bond acceptors (Lipinski definition) is 6.